The fourth-order valence-electron chi connectivity index (χ4n) is 3.91. The number of aromatic nitrogens is 2. The highest BCUT2D eigenvalue weighted by atomic mass is 16.5. The van der Waals surface area contributed by atoms with Crippen LogP contribution in [0.1, 0.15) is 0 Å². The molecule has 0 bridgehead atoms. The fraction of sp³-hybridized carbons (Fsp3) is 0.381. The number of pyridine rings is 1. The van der Waals surface area contributed by atoms with E-state index >= 15 is 0 Å². The van der Waals surface area contributed by atoms with Gasteiger partial charge in [0, 0.05) is 60.6 Å². The van der Waals surface area contributed by atoms with Crippen LogP contribution in [0.4, 0.5) is 11.5 Å². The zero-order valence-corrected chi connectivity index (χ0v) is 15.4. The Morgan fingerprint density at radius 2 is 1.59 bits per heavy atom. The molecule has 0 aliphatic carbocycles. The van der Waals surface area contributed by atoms with Gasteiger partial charge in [-0.05, 0) is 18.2 Å². The highest BCUT2D eigenvalue weighted by Gasteiger charge is 2.19. The molecule has 4 heterocycles. The van der Waals surface area contributed by atoms with Crippen molar-refractivity contribution in [2.75, 3.05) is 62.4 Å². The highest BCUT2D eigenvalue weighted by molar-refractivity contribution is 5.94. The monoisotopic (exact) mass is 364 g/mol. The molecule has 0 saturated carbocycles. The molecule has 1 N–H and O–H groups in total. The van der Waals surface area contributed by atoms with E-state index in [0.29, 0.717) is 0 Å². The Hall–Kier alpha value is -2.57. The molecule has 2 aliphatic heterocycles. The zero-order valence-electron chi connectivity index (χ0n) is 15.4. The van der Waals surface area contributed by atoms with Crippen LogP contribution in [0.25, 0.3) is 22.2 Å². The Morgan fingerprint density at radius 1 is 0.852 bits per heavy atom. The van der Waals surface area contributed by atoms with Crippen LogP contribution in [0.2, 0.25) is 0 Å². The lowest BCUT2D eigenvalue weighted by Crippen LogP contribution is -2.38. The number of hydrogen-bond acceptors (Lipinski definition) is 5. The van der Waals surface area contributed by atoms with Crippen molar-refractivity contribution in [2.45, 2.75) is 0 Å². The summed E-state index contributed by atoms with van der Waals surface area (Å²) in [5, 5.41) is 1.21. The SMILES string of the molecule is c1cc(-c2cc(N3CCOCC3)cc(N3CCOCC3)n2)c2cc[nH]c2c1. The Labute approximate surface area is 158 Å². The third kappa shape index (κ3) is 3.26. The van der Waals surface area contributed by atoms with Crippen LogP contribution in [0, 0.1) is 0 Å². The average molecular weight is 364 g/mol. The van der Waals surface area contributed by atoms with Gasteiger partial charge in [-0.15, -0.1) is 0 Å². The van der Waals surface area contributed by atoms with Crippen LogP contribution in [0.15, 0.2) is 42.6 Å². The first-order chi connectivity index (χ1) is 13.4. The maximum Gasteiger partial charge on any atom is 0.131 e. The van der Waals surface area contributed by atoms with Crippen LogP contribution in [0.3, 0.4) is 0 Å². The van der Waals surface area contributed by atoms with Crippen LogP contribution in [0.5, 0.6) is 0 Å². The predicted molar refractivity (Wildman–Crippen MR) is 108 cm³/mol. The summed E-state index contributed by atoms with van der Waals surface area (Å²) in [6, 6.07) is 12.9. The summed E-state index contributed by atoms with van der Waals surface area (Å²) in [7, 11) is 0. The second-order valence-corrected chi connectivity index (χ2v) is 7.01. The summed E-state index contributed by atoms with van der Waals surface area (Å²) < 4.78 is 11.1. The molecule has 140 valence electrons. The van der Waals surface area contributed by atoms with Gasteiger partial charge in [-0.25, -0.2) is 4.98 Å². The van der Waals surface area contributed by atoms with Gasteiger partial charge < -0.3 is 24.3 Å². The molecule has 2 aromatic heterocycles. The van der Waals surface area contributed by atoms with Crippen molar-refractivity contribution in [1.82, 2.24) is 9.97 Å². The van der Waals surface area contributed by atoms with Gasteiger partial charge in [0.15, 0.2) is 0 Å². The normalized spacial score (nSPS) is 18.2. The molecule has 0 spiro atoms. The van der Waals surface area contributed by atoms with E-state index in [0.717, 1.165) is 69.6 Å². The van der Waals surface area contributed by atoms with E-state index in [-0.39, 0.29) is 0 Å². The van der Waals surface area contributed by atoms with Crippen molar-refractivity contribution in [3.63, 3.8) is 0 Å². The molecular formula is C21H24N4O2. The van der Waals surface area contributed by atoms with Gasteiger partial charge in [0.1, 0.15) is 5.82 Å². The summed E-state index contributed by atoms with van der Waals surface area (Å²) in [4.78, 5) is 13.1. The van der Waals surface area contributed by atoms with Crippen molar-refractivity contribution < 1.29 is 9.47 Å². The number of nitrogens with zero attached hydrogens (tertiary/aromatic N) is 3. The Balaban J connectivity index is 1.61. The molecule has 0 atom stereocenters. The molecule has 0 amide bonds. The molecule has 27 heavy (non-hydrogen) atoms. The van der Waals surface area contributed by atoms with Crippen molar-refractivity contribution in [3.8, 4) is 11.3 Å². The van der Waals surface area contributed by atoms with Crippen LogP contribution in [-0.2, 0) is 9.47 Å². The van der Waals surface area contributed by atoms with E-state index in [1.165, 1.54) is 16.6 Å². The second-order valence-electron chi connectivity index (χ2n) is 7.01. The first-order valence-electron chi connectivity index (χ1n) is 9.62. The molecule has 1 aromatic carbocycles. The molecule has 0 unspecified atom stereocenters. The molecule has 6 heteroatoms. The van der Waals surface area contributed by atoms with Gasteiger partial charge >= 0.3 is 0 Å². The Morgan fingerprint density at radius 3 is 2.37 bits per heavy atom. The quantitative estimate of drug-likeness (QED) is 0.774. The molecular weight excluding hydrogens is 340 g/mol. The fourth-order valence-corrected chi connectivity index (χ4v) is 3.91. The number of ether oxygens (including phenoxy) is 2. The number of aromatic amines is 1. The van der Waals surface area contributed by atoms with Crippen molar-refractivity contribution >= 4 is 22.4 Å². The van der Waals surface area contributed by atoms with E-state index in [9.17, 15) is 0 Å². The zero-order chi connectivity index (χ0) is 18.1. The molecule has 5 rings (SSSR count). The largest absolute Gasteiger partial charge is 0.378 e. The topological polar surface area (TPSA) is 53.6 Å². The summed E-state index contributed by atoms with van der Waals surface area (Å²) >= 11 is 0. The Bertz CT molecular complexity index is 891. The number of hydrogen-bond donors (Lipinski definition) is 1. The molecule has 2 fully saturated rings. The summed E-state index contributed by atoms with van der Waals surface area (Å²) in [6.45, 7) is 6.66. The van der Waals surface area contributed by atoms with Gasteiger partial charge in [0.05, 0.1) is 32.1 Å². The van der Waals surface area contributed by atoms with Gasteiger partial charge in [-0.3, -0.25) is 0 Å². The summed E-state index contributed by atoms with van der Waals surface area (Å²) in [6.07, 6.45) is 1.99. The molecule has 3 aromatic rings. The van der Waals surface area contributed by atoms with E-state index in [2.05, 4.69) is 51.2 Å². The number of fused-ring (bicyclic) bond motifs is 1. The first-order valence-corrected chi connectivity index (χ1v) is 9.62. The second kappa shape index (κ2) is 7.21. The maximum atomic E-state index is 5.54. The molecule has 2 saturated heterocycles. The smallest absolute Gasteiger partial charge is 0.131 e. The van der Waals surface area contributed by atoms with Gasteiger partial charge in [0.25, 0.3) is 0 Å². The van der Waals surface area contributed by atoms with Crippen LogP contribution < -0.4 is 9.80 Å². The van der Waals surface area contributed by atoms with Crippen molar-refractivity contribution in [2.24, 2.45) is 0 Å². The standard InChI is InChI=1S/C21H24N4O2/c1-2-17(18-4-5-22-19(18)3-1)20-14-16(24-6-10-26-11-7-24)15-21(23-20)25-8-12-27-13-9-25/h1-5,14-15,22H,6-13H2. The lowest BCUT2D eigenvalue weighted by molar-refractivity contribution is 0.122. The average Bonchev–Trinajstić information content (AvgIpc) is 3.24. The molecule has 0 radical (unpaired) electrons. The summed E-state index contributed by atoms with van der Waals surface area (Å²) in [5.74, 6) is 1.03. The first kappa shape index (κ1) is 16.6. The number of anilines is 2. The van der Waals surface area contributed by atoms with Gasteiger partial charge in [-0.2, -0.15) is 0 Å². The molecule has 2 aliphatic rings. The number of rotatable bonds is 3. The number of benzene rings is 1. The number of nitrogens with one attached hydrogen (secondary N) is 1. The minimum Gasteiger partial charge on any atom is -0.378 e. The minimum atomic E-state index is 0.756. The molecule has 6 nitrogen and oxygen atoms in total. The minimum absolute atomic E-state index is 0.756. The Kier molecular flexibility index (Phi) is 4.43. The highest BCUT2D eigenvalue weighted by Crippen LogP contribution is 2.32. The van der Waals surface area contributed by atoms with Crippen molar-refractivity contribution in [1.29, 1.82) is 0 Å². The van der Waals surface area contributed by atoms with E-state index in [4.69, 9.17) is 14.5 Å². The van der Waals surface area contributed by atoms with E-state index in [1.54, 1.807) is 0 Å². The third-order valence-electron chi connectivity index (χ3n) is 5.38. The van der Waals surface area contributed by atoms with E-state index < -0.39 is 0 Å². The van der Waals surface area contributed by atoms with Crippen LogP contribution in [-0.4, -0.2) is 62.6 Å². The number of H-pyrrole nitrogens is 1. The van der Waals surface area contributed by atoms with Crippen LogP contribution >= 0.6 is 0 Å². The maximum absolute atomic E-state index is 5.54. The van der Waals surface area contributed by atoms with Gasteiger partial charge in [-0.1, -0.05) is 12.1 Å². The predicted octanol–water partition coefficient (Wildman–Crippen LogP) is 2.90. The third-order valence-corrected chi connectivity index (χ3v) is 5.38. The lowest BCUT2D eigenvalue weighted by Gasteiger charge is -2.32. The summed E-state index contributed by atoms with van der Waals surface area (Å²) in [5.41, 5.74) is 4.54. The van der Waals surface area contributed by atoms with E-state index in [1.807, 2.05) is 6.20 Å². The van der Waals surface area contributed by atoms with Gasteiger partial charge in [0.2, 0.25) is 0 Å². The lowest BCUT2D eigenvalue weighted by atomic mass is 10.1. The number of morpholine rings is 2. The van der Waals surface area contributed by atoms with Crippen molar-refractivity contribution in [3.05, 3.63) is 42.6 Å².